The molecule has 0 radical (unpaired) electrons. The highest BCUT2D eigenvalue weighted by molar-refractivity contribution is 6.01. The highest BCUT2D eigenvalue weighted by atomic mass is 19.1. The SMILES string of the molecule is CCN(C(=O)c1cc(F)ccc1N1CCN(C2CCN(Cc3ccc4c(cc(C#N)n4C[C@@H]4CCNC4)c3C)CC2)c2ncncc21)C(C)C. The highest BCUT2D eigenvalue weighted by Gasteiger charge is 2.34. The first-order valence-corrected chi connectivity index (χ1v) is 18.2. The molecule has 262 valence electrons. The molecule has 3 aliphatic heterocycles. The van der Waals surface area contributed by atoms with Gasteiger partial charge in [-0.2, -0.15) is 5.26 Å². The molecule has 5 heterocycles. The van der Waals surface area contributed by atoms with Gasteiger partial charge in [0, 0.05) is 68.8 Å². The lowest BCUT2D eigenvalue weighted by atomic mass is 9.99. The summed E-state index contributed by atoms with van der Waals surface area (Å²) < 4.78 is 16.8. The van der Waals surface area contributed by atoms with E-state index >= 15 is 0 Å². The molecule has 1 N–H and O–H groups in total. The fourth-order valence-electron chi connectivity index (χ4n) is 8.32. The lowest BCUT2D eigenvalue weighted by Crippen LogP contribution is -2.50. The van der Waals surface area contributed by atoms with Crippen molar-refractivity contribution < 1.29 is 9.18 Å². The van der Waals surface area contributed by atoms with Gasteiger partial charge >= 0.3 is 0 Å². The molecule has 7 rings (SSSR count). The zero-order valence-electron chi connectivity index (χ0n) is 29.7. The molecule has 0 aliphatic carbocycles. The van der Waals surface area contributed by atoms with Crippen molar-refractivity contribution >= 4 is 34.0 Å². The second-order valence-electron chi connectivity index (χ2n) is 14.3. The molecule has 2 aromatic heterocycles. The number of piperidine rings is 1. The number of hydrogen-bond donors (Lipinski definition) is 1. The maximum absolute atomic E-state index is 14.6. The first kappa shape index (κ1) is 33.9. The average molecular weight is 678 g/mol. The van der Waals surface area contributed by atoms with E-state index in [9.17, 15) is 14.4 Å². The first-order valence-electron chi connectivity index (χ1n) is 18.2. The Labute approximate surface area is 294 Å². The van der Waals surface area contributed by atoms with Gasteiger partial charge in [0.2, 0.25) is 0 Å². The summed E-state index contributed by atoms with van der Waals surface area (Å²) >= 11 is 0. The fraction of sp³-hybridized carbons (Fsp3) is 0.487. The lowest BCUT2D eigenvalue weighted by Gasteiger charge is -2.44. The van der Waals surface area contributed by atoms with E-state index in [2.05, 4.69) is 60.8 Å². The van der Waals surface area contributed by atoms with E-state index in [1.807, 2.05) is 27.0 Å². The number of aryl methyl sites for hydroxylation is 1. The summed E-state index contributed by atoms with van der Waals surface area (Å²) in [7, 11) is 0. The van der Waals surface area contributed by atoms with E-state index in [4.69, 9.17) is 4.98 Å². The summed E-state index contributed by atoms with van der Waals surface area (Å²) in [6.07, 6.45) is 6.58. The zero-order chi connectivity index (χ0) is 34.9. The normalized spacial score (nSPS) is 18.5. The van der Waals surface area contributed by atoms with Gasteiger partial charge in [-0.05, 0) is 107 Å². The zero-order valence-corrected chi connectivity index (χ0v) is 29.7. The average Bonchev–Trinajstić information content (AvgIpc) is 3.78. The van der Waals surface area contributed by atoms with Crippen LogP contribution in [-0.2, 0) is 13.1 Å². The van der Waals surface area contributed by atoms with Gasteiger partial charge in [0.15, 0.2) is 5.82 Å². The number of likely N-dealkylation sites (tertiary alicyclic amines) is 1. The maximum Gasteiger partial charge on any atom is 0.256 e. The van der Waals surface area contributed by atoms with Gasteiger partial charge in [-0.15, -0.1) is 0 Å². The Balaban J connectivity index is 1.06. The largest absolute Gasteiger partial charge is 0.350 e. The third-order valence-corrected chi connectivity index (χ3v) is 11.1. The molecule has 0 unspecified atom stereocenters. The summed E-state index contributed by atoms with van der Waals surface area (Å²) in [6.45, 7) is 15.8. The number of halogens is 1. The molecule has 10 nitrogen and oxygen atoms in total. The molecule has 2 saturated heterocycles. The predicted molar refractivity (Wildman–Crippen MR) is 195 cm³/mol. The maximum atomic E-state index is 14.6. The first-order chi connectivity index (χ1) is 24.3. The Morgan fingerprint density at radius 1 is 1.10 bits per heavy atom. The van der Waals surface area contributed by atoms with E-state index in [-0.39, 0.29) is 11.9 Å². The lowest BCUT2D eigenvalue weighted by molar-refractivity contribution is 0.0717. The van der Waals surface area contributed by atoms with E-state index in [1.54, 1.807) is 17.3 Å². The minimum atomic E-state index is -0.427. The number of benzene rings is 2. The van der Waals surface area contributed by atoms with Crippen LogP contribution in [0.5, 0.6) is 0 Å². The Kier molecular flexibility index (Phi) is 9.76. The van der Waals surface area contributed by atoms with Gasteiger partial charge in [-0.3, -0.25) is 9.69 Å². The predicted octanol–water partition coefficient (Wildman–Crippen LogP) is 5.85. The summed E-state index contributed by atoms with van der Waals surface area (Å²) in [4.78, 5) is 31.6. The molecular formula is C39H48FN9O. The highest BCUT2D eigenvalue weighted by Crippen LogP contribution is 2.40. The monoisotopic (exact) mass is 677 g/mol. The number of carbonyl (C=O) groups is 1. The van der Waals surface area contributed by atoms with Gasteiger partial charge in [0.1, 0.15) is 29.6 Å². The van der Waals surface area contributed by atoms with Crippen LogP contribution in [0.1, 0.15) is 67.2 Å². The van der Waals surface area contributed by atoms with Crippen molar-refractivity contribution in [1.29, 1.82) is 5.26 Å². The topological polar surface area (TPSA) is 96.6 Å². The summed E-state index contributed by atoms with van der Waals surface area (Å²) in [6, 6.07) is 13.8. The standard InChI is InChI=1S/C39H48FN9O/c1-5-46(26(2)3)39(50)34-18-30(40)7-9-36(34)48-17-16-47(38-37(48)22-43-25-44-38)31-11-14-45(15-12-31)24-29-6-8-35-33(27(29)4)19-32(20-41)49(35)23-28-10-13-42-21-28/h6-9,18-19,22,25-26,28,31,42H,5,10-17,21,23-24H2,1-4H3/t28-/m1/s1. The van der Waals surface area contributed by atoms with Crippen molar-refractivity contribution in [3.8, 4) is 6.07 Å². The number of hydrogen-bond acceptors (Lipinski definition) is 8. The van der Waals surface area contributed by atoms with Gasteiger partial charge in [0.25, 0.3) is 5.91 Å². The van der Waals surface area contributed by atoms with Crippen molar-refractivity contribution in [2.75, 3.05) is 55.6 Å². The fourth-order valence-corrected chi connectivity index (χ4v) is 8.32. The van der Waals surface area contributed by atoms with Crippen LogP contribution in [0.15, 0.2) is 48.9 Å². The molecule has 50 heavy (non-hydrogen) atoms. The molecule has 1 atom stereocenters. The van der Waals surface area contributed by atoms with Crippen molar-refractivity contribution in [1.82, 2.24) is 29.7 Å². The van der Waals surface area contributed by atoms with Gasteiger partial charge in [-0.1, -0.05) is 6.07 Å². The molecule has 2 aromatic carbocycles. The van der Waals surface area contributed by atoms with E-state index in [0.717, 1.165) is 87.8 Å². The molecule has 4 aromatic rings. The van der Waals surface area contributed by atoms with Crippen molar-refractivity contribution in [2.45, 2.75) is 72.1 Å². The number of nitrogens with one attached hydrogen (secondary N) is 1. The van der Waals surface area contributed by atoms with Gasteiger partial charge < -0.3 is 24.6 Å². The van der Waals surface area contributed by atoms with Crippen LogP contribution in [0, 0.1) is 30.0 Å². The number of nitriles is 1. The second-order valence-corrected chi connectivity index (χ2v) is 14.3. The summed E-state index contributed by atoms with van der Waals surface area (Å²) in [5.41, 5.74) is 6.37. The van der Waals surface area contributed by atoms with Crippen molar-refractivity contribution in [3.63, 3.8) is 0 Å². The van der Waals surface area contributed by atoms with Crippen LogP contribution < -0.4 is 15.1 Å². The van der Waals surface area contributed by atoms with Crippen LogP contribution in [-0.4, -0.2) is 88.1 Å². The molecule has 1 amide bonds. The molecule has 0 saturated carbocycles. The summed E-state index contributed by atoms with van der Waals surface area (Å²) in [5.74, 6) is 0.816. The quantitative estimate of drug-likeness (QED) is 0.236. The van der Waals surface area contributed by atoms with Crippen LogP contribution >= 0.6 is 0 Å². The number of amides is 1. The number of fused-ring (bicyclic) bond motifs is 2. The van der Waals surface area contributed by atoms with E-state index in [0.29, 0.717) is 36.3 Å². The molecule has 0 bridgehead atoms. The minimum Gasteiger partial charge on any atom is -0.350 e. The van der Waals surface area contributed by atoms with E-state index < -0.39 is 5.82 Å². The molecule has 11 heteroatoms. The Morgan fingerprint density at radius 2 is 1.92 bits per heavy atom. The summed E-state index contributed by atoms with van der Waals surface area (Å²) in [5, 5.41) is 14.6. The second kappa shape index (κ2) is 14.4. The molecule has 0 spiro atoms. The third-order valence-electron chi connectivity index (χ3n) is 11.1. The van der Waals surface area contributed by atoms with Crippen LogP contribution in [0.25, 0.3) is 10.9 Å². The van der Waals surface area contributed by atoms with Crippen molar-refractivity contribution in [3.05, 3.63) is 77.1 Å². The number of rotatable bonds is 9. The van der Waals surface area contributed by atoms with Gasteiger partial charge in [0.05, 0.1) is 17.4 Å². The third kappa shape index (κ3) is 6.42. The van der Waals surface area contributed by atoms with Crippen LogP contribution in [0.2, 0.25) is 0 Å². The Hall–Kier alpha value is -4.53. The van der Waals surface area contributed by atoms with Crippen molar-refractivity contribution in [2.24, 2.45) is 5.92 Å². The molecule has 2 fully saturated rings. The minimum absolute atomic E-state index is 0.00333. The van der Waals surface area contributed by atoms with Crippen LogP contribution in [0.3, 0.4) is 0 Å². The smallest absolute Gasteiger partial charge is 0.256 e. The Bertz CT molecular complexity index is 1900. The van der Waals surface area contributed by atoms with Crippen LogP contribution in [0.4, 0.5) is 21.6 Å². The van der Waals surface area contributed by atoms with Gasteiger partial charge in [-0.25, -0.2) is 14.4 Å². The molecule has 3 aliphatic rings. The molecular weight excluding hydrogens is 629 g/mol. The number of carbonyl (C=O) groups excluding carboxylic acids is 1. The van der Waals surface area contributed by atoms with E-state index in [1.165, 1.54) is 28.6 Å². The number of nitrogens with zero attached hydrogens (tertiary/aromatic N) is 8. The number of aromatic nitrogens is 3. The Morgan fingerprint density at radius 3 is 2.64 bits per heavy atom. The number of anilines is 3.